The maximum Gasteiger partial charge on any atom is 0.241 e. The zero-order chi connectivity index (χ0) is 13.5. The van der Waals surface area contributed by atoms with E-state index in [0.717, 1.165) is 12.0 Å². The van der Waals surface area contributed by atoms with Crippen molar-refractivity contribution in [2.45, 2.75) is 26.7 Å². The minimum atomic E-state index is -0.639. The molecule has 0 heterocycles. The van der Waals surface area contributed by atoms with Gasteiger partial charge < -0.3 is 5.32 Å². The fourth-order valence-corrected chi connectivity index (χ4v) is 1.59. The van der Waals surface area contributed by atoms with Gasteiger partial charge in [0.05, 0.1) is 17.7 Å². The Labute approximate surface area is 107 Å². The van der Waals surface area contributed by atoms with Crippen LogP contribution in [0, 0.1) is 35.5 Å². The molecule has 0 fully saturated rings. The van der Waals surface area contributed by atoms with Crippen LogP contribution in [0.2, 0.25) is 0 Å². The van der Waals surface area contributed by atoms with E-state index < -0.39 is 5.92 Å². The van der Waals surface area contributed by atoms with E-state index in [0.29, 0.717) is 17.7 Å². The number of anilines is 1. The van der Waals surface area contributed by atoms with Crippen molar-refractivity contribution >= 4 is 11.6 Å². The Hall–Kier alpha value is -2.33. The summed E-state index contributed by atoms with van der Waals surface area (Å²) in [6.07, 6.45) is 1.32. The molecule has 0 aliphatic rings. The third-order valence-electron chi connectivity index (χ3n) is 2.67. The predicted molar refractivity (Wildman–Crippen MR) is 68.5 cm³/mol. The molecule has 0 aliphatic carbocycles. The highest BCUT2D eigenvalue weighted by Gasteiger charge is 2.17. The molecule has 0 saturated carbocycles. The lowest BCUT2D eigenvalue weighted by molar-refractivity contribution is -0.118. The average molecular weight is 241 g/mol. The lowest BCUT2D eigenvalue weighted by Gasteiger charge is -2.11. The van der Waals surface area contributed by atoms with Gasteiger partial charge >= 0.3 is 0 Å². The Bertz CT molecular complexity index is 523. The summed E-state index contributed by atoms with van der Waals surface area (Å²) < 4.78 is 0. The second-order valence-electron chi connectivity index (χ2n) is 4.10. The van der Waals surface area contributed by atoms with Gasteiger partial charge in [-0.15, -0.1) is 0 Å². The molecule has 92 valence electrons. The first-order chi connectivity index (χ1) is 8.62. The maximum atomic E-state index is 11.9. The lowest BCUT2D eigenvalue weighted by Crippen LogP contribution is -2.22. The number of hydrogen-bond donors (Lipinski definition) is 1. The quantitative estimate of drug-likeness (QED) is 0.880. The molecule has 4 nitrogen and oxygen atoms in total. The van der Waals surface area contributed by atoms with E-state index >= 15 is 0 Å². The van der Waals surface area contributed by atoms with Gasteiger partial charge in [-0.2, -0.15) is 10.5 Å². The van der Waals surface area contributed by atoms with Gasteiger partial charge in [-0.05, 0) is 31.0 Å². The van der Waals surface area contributed by atoms with Crippen molar-refractivity contribution in [1.29, 1.82) is 10.5 Å². The van der Waals surface area contributed by atoms with Crippen LogP contribution in [0.15, 0.2) is 18.2 Å². The zero-order valence-electron chi connectivity index (χ0n) is 10.5. The number of carbonyl (C=O) groups is 1. The van der Waals surface area contributed by atoms with Crippen LogP contribution in [-0.4, -0.2) is 5.91 Å². The molecule has 0 radical (unpaired) electrons. The van der Waals surface area contributed by atoms with E-state index in [2.05, 4.69) is 5.32 Å². The van der Waals surface area contributed by atoms with E-state index in [1.807, 2.05) is 26.0 Å². The van der Waals surface area contributed by atoms with E-state index in [1.165, 1.54) is 0 Å². The first kappa shape index (κ1) is 13.7. The first-order valence-corrected chi connectivity index (χ1v) is 5.83. The number of rotatable bonds is 4. The van der Waals surface area contributed by atoms with Crippen LogP contribution < -0.4 is 5.32 Å². The van der Waals surface area contributed by atoms with E-state index in [-0.39, 0.29) is 5.91 Å². The van der Waals surface area contributed by atoms with E-state index in [1.54, 1.807) is 18.2 Å². The lowest BCUT2D eigenvalue weighted by atomic mass is 10.0. The number of nitriles is 2. The molecule has 0 saturated heterocycles. The molecule has 4 heteroatoms. The van der Waals surface area contributed by atoms with Gasteiger partial charge in [0.25, 0.3) is 0 Å². The Morgan fingerprint density at radius 1 is 1.44 bits per heavy atom. The molecule has 1 N–H and O–H groups in total. The molecule has 1 amide bonds. The van der Waals surface area contributed by atoms with Crippen LogP contribution in [0.4, 0.5) is 5.69 Å². The predicted octanol–water partition coefficient (Wildman–Crippen LogP) is 2.75. The third kappa shape index (κ3) is 3.33. The summed E-state index contributed by atoms with van der Waals surface area (Å²) in [7, 11) is 0. The molecule has 1 rings (SSSR count). The maximum absolute atomic E-state index is 11.9. The highest BCUT2D eigenvalue weighted by Crippen LogP contribution is 2.18. The first-order valence-electron chi connectivity index (χ1n) is 5.83. The van der Waals surface area contributed by atoms with Gasteiger partial charge in [0.2, 0.25) is 5.91 Å². The molecule has 0 bridgehead atoms. The molecule has 1 atom stereocenters. The van der Waals surface area contributed by atoms with Crippen molar-refractivity contribution < 1.29 is 4.79 Å². The number of amides is 1. The number of aryl methyl sites for hydroxylation is 1. The van der Waals surface area contributed by atoms with Crippen molar-refractivity contribution in [3.63, 3.8) is 0 Å². The van der Waals surface area contributed by atoms with Crippen LogP contribution >= 0.6 is 0 Å². The van der Waals surface area contributed by atoms with E-state index in [4.69, 9.17) is 10.5 Å². The van der Waals surface area contributed by atoms with Crippen molar-refractivity contribution in [3.8, 4) is 12.1 Å². The summed E-state index contributed by atoms with van der Waals surface area (Å²) >= 11 is 0. The number of hydrogen-bond acceptors (Lipinski definition) is 3. The normalized spacial score (nSPS) is 11.1. The fraction of sp³-hybridized carbons (Fsp3) is 0.357. The van der Waals surface area contributed by atoms with Crippen LogP contribution in [0.25, 0.3) is 0 Å². The second kappa shape index (κ2) is 6.42. The molecule has 1 aromatic rings. The van der Waals surface area contributed by atoms with Crippen LogP contribution in [0.5, 0.6) is 0 Å². The van der Waals surface area contributed by atoms with Gasteiger partial charge in [-0.25, -0.2) is 0 Å². The largest absolute Gasteiger partial charge is 0.325 e. The van der Waals surface area contributed by atoms with Crippen LogP contribution in [-0.2, 0) is 4.79 Å². The molecule has 0 spiro atoms. The molecule has 1 aromatic carbocycles. The molecule has 18 heavy (non-hydrogen) atoms. The molecular formula is C14H15N3O. The second-order valence-corrected chi connectivity index (χ2v) is 4.10. The summed E-state index contributed by atoms with van der Waals surface area (Å²) in [6.45, 7) is 3.77. The van der Waals surface area contributed by atoms with Gasteiger partial charge in [-0.1, -0.05) is 19.4 Å². The summed E-state index contributed by atoms with van der Waals surface area (Å²) in [5.41, 5.74) is 1.95. The molecule has 1 unspecified atom stereocenters. The minimum Gasteiger partial charge on any atom is -0.325 e. The Morgan fingerprint density at radius 2 is 2.17 bits per heavy atom. The number of nitrogens with zero attached hydrogens (tertiary/aromatic N) is 2. The van der Waals surface area contributed by atoms with Crippen LogP contribution in [0.3, 0.4) is 0 Å². The highest BCUT2D eigenvalue weighted by atomic mass is 16.1. The smallest absolute Gasteiger partial charge is 0.241 e. The van der Waals surface area contributed by atoms with Gasteiger partial charge in [-0.3, -0.25) is 4.79 Å². The number of benzene rings is 1. The zero-order valence-corrected chi connectivity index (χ0v) is 10.5. The fourth-order valence-electron chi connectivity index (χ4n) is 1.59. The standard InChI is InChI=1S/C14H15N3O/c1-3-4-12(9-16)14(18)17-13-7-11(8-15)6-5-10(13)2/h5-7,12H,3-4H2,1-2H3,(H,17,18). The van der Waals surface area contributed by atoms with Gasteiger partial charge in [0.15, 0.2) is 0 Å². The summed E-state index contributed by atoms with van der Waals surface area (Å²) in [6, 6.07) is 9.10. The van der Waals surface area contributed by atoms with E-state index in [9.17, 15) is 4.79 Å². The Balaban J connectivity index is 2.88. The van der Waals surface area contributed by atoms with Crippen molar-refractivity contribution in [2.24, 2.45) is 5.92 Å². The monoisotopic (exact) mass is 241 g/mol. The topological polar surface area (TPSA) is 76.7 Å². The van der Waals surface area contributed by atoms with Crippen molar-refractivity contribution in [3.05, 3.63) is 29.3 Å². The highest BCUT2D eigenvalue weighted by molar-refractivity contribution is 5.94. The van der Waals surface area contributed by atoms with Gasteiger partial charge in [0, 0.05) is 5.69 Å². The van der Waals surface area contributed by atoms with Crippen molar-refractivity contribution in [2.75, 3.05) is 5.32 Å². The molecular weight excluding hydrogens is 226 g/mol. The number of carbonyl (C=O) groups excluding carboxylic acids is 1. The molecule has 0 aliphatic heterocycles. The molecule has 0 aromatic heterocycles. The van der Waals surface area contributed by atoms with Crippen LogP contribution in [0.1, 0.15) is 30.9 Å². The van der Waals surface area contributed by atoms with Crippen molar-refractivity contribution in [1.82, 2.24) is 0 Å². The minimum absolute atomic E-state index is 0.308. The Morgan fingerprint density at radius 3 is 2.72 bits per heavy atom. The third-order valence-corrected chi connectivity index (χ3v) is 2.67. The average Bonchev–Trinajstić information content (AvgIpc) is 2.38. The summed E-state index contributed by atoms with van der Waals surface area (Å²) in [5.74, 6) is -0.947. The SMILES string of the molecule is CCCC(C#N)C(=O)Nc1cc(C#N)ccc1C. The summed E-state index contributed by atoms with van der Waals surface area (Å²) in [4.78, 5) is 11.9. The Kier molecular flexibility index (Phi) is 4.90. The summed E-state index contributed by atoms with van der Waals surface area (Å²) in [5, 5.41) is 20.4. The number of nitrogens with one attached hydrogen (secondary N) is 1. The van der Waals surface area contributed by atoms with Gasteiger partial charge in [0.1, 0.15) is 5.92 Å².